The van der Waals surface area contributed by atoms with Crippen LogP contribution >= 0.6 is 0 Å². The van der Waals surface area contributed by atoms with Gasteiger partial charge in [0.15, 0.2) is 0 Å². The predicted octanol–water partition coefficient (Wildman–Crippen LogP) is 3.71. The lowest BCUT2D eigenvalue weighted by atomic mass is 9.73. The lowest BCUT2D eigenvalue weighted by Gasteiger charge is -2.32. The first-order chi connectivity index (χ1) is 8.29. The molecule has 2 unspecified atom stereocenters. The highest BCUT2D eigenvalue weighted by Crippen LogP contribution is 2.51. The van der Waals surface area contributed by atoms with E-state index >= 15 is 0 Å². The second kappa shape index (κ2) is 4.45. The van der Waals surface area contributed by atoms with Crippen LogP contribution in [0.5, 0.6) is 0 Å². The molecule has 2 aliphatic rings. The van der Waals surface area contributed by atoms with Crippen LogP contribution in [0.1, 0.15) is 60.6 Å². The molecule has 1 heteroatoms. The molecule has 0 amide bonds. The maximum atomic E-state index is 5.76. The van der Waals surface area contributed by atoms with E-state index in [1.807, 2.05) is 0 Å². The third kappa shape index (κ3) is 2.13. The van der Waals surface area contributed by atoms with Crippen LogP contribution in [0, 0.1) is 12.8 Å². The zero-order valence-corrected chi connectivity index (χ0v) is 10.8. The average Bonchev–Trinajstić information content (AvgIpc) is 3.14. The SMILES string of the molecule is Cc1ccc2c(c1)C(CCN)CCC2C1CC1. The molecule has 2 aliphatic carbocycles. The molecule has 2 atom stereocenters. The van der Waals surface area contributed by atoms with E-state index in [4.69, 9.17) is 5.73 Å². The Morgan fingerprint density at radius 1 is 1.12 bits per heavy atom. The predicted molar refractivity (Wildman–Crippen MR) is 72.3 cm³/mol. The van der Waals surface area contributed by atoms with Gasteiger partial charge in [-0.05, 0) is 74.5 Å². The molecule has 0 saturated heterocycles. The molecule has 1 aromatic carbocycles. The molecule has 1 saturated carbocycles. The maximum Gasteiger partial charge on any atom is -0.00714 e. The molecule has 1 fully saturated rings. The van der Waals surface area contributed by atoms with Gasteiger partial charge < -0.3 is 5.73 Å². The van der Waals surface area contributed by atoms with E-state index in [0.29, 0.717) is 0 Å². The Kier molecular flexibility index (Phi) is 2.96. The van der Waals surface area contributed by atoms with Crippen LogP contribution in [-0.2, 0) is 0 Å². The van der Waals surface area contributed by atoms with Crippen molar-refractivity contribution in [3.63, 3.8) is 0 Å². The summed E-state index contributed by atoms with van der Waals surface area (Å²) >= 11 is 0. The molecular formula is C16H23N. The van der Waals surface area contributed by atoms with Crippen molar-refractivity contribution in [3.05, 3.63) is 34.9 Å². The highest BCUT2D eigenvalue weighted by atomic mass is 14.5. The molecule has 0 aromatic heterocycles. The van der Waals surface area contributed by atoms with Crippen LogP contribution in [-0.4, -0.2) is 6.54 Å². The summed E-state index contributed by atoms with van der Waals surface area (Å²) < 4.78 is 0. The van der Waals surface area contributed by atoms with Crippen molar-refractivity contribution in [3.8, 4) is 0 Å². The first-order valence-electron chi connectivity index (χ1n) is 7.10. The second-order valence-corrected chi connectivity index (χ2v) is 5.93. The van der Waals surface area contributed by atoms with Crippen molar-refractivity contribution in [2.75, 3.05) is 6.54 Å². The van der Waals surface area contributed by atoms with Crippen molar-refractivity contribution >= 4 is 0 Å². The van der Waals surface area contributed by atoms with E-state index in [0.717, 1.165) is 30.7 Å². The van der Waals surface area contributed by atoms with Gasteiger partial charge in [-0.25, -0.2) is 0 Å². The topological polar surface area (TPSA) is 26.0 Å². The Balaban J connectivity index is 1.96. The fraction of sp³-hybridized carbons (Fsp3) is 0.625. The summed E-state index contributed by atoms with van der Waals surface area (Å²) in [6, 6.07) is 7.11. The number of aryl methyl sites for hydroxylation is 1. The molecule has 92 valence electrons. The van der Waals surface area contributed by atoms with E-state index in [-0.39, 0.29) is 0 Å². The van der Waals surface area contributed by atoms with E-state index in [1.165, 1.54) is 31.2 Å². The summed E-state index contributed by atoms with van der Waals surface area (Å²) in [6.07, 6.45) is 6.83. The van der Waals surface area contributed by atoms with Gasteiger partial charge >= 0.3 is 0 Å². The number of fused-ring (bicyclic) bond motifs is 1. The Morgan fingerprint density at radius 2 is 1.94 bits per heavy atom. The molecular weight excluding hydrogens is 206 g/mol. The summed E-state index contributed by atoms with van der Waals surface area (Å²) in [6.45, 7) is 3.03. The monoisotopic (exact) mass is 229 g/mol. The maximum absolute atomic E-state index is 5.76. The molecule has 0 spiro atoms. The van der Waals surface area contributed by atoms with E-state index in [2.05, 4.69) is 25.1 Å². The van der Waals surface area contributed by atoms with Gasteiger partial charge in [0.1, 0.15) is 0 Å². The minimum absolute atomic E-state index is 0.727. The first-order valence-corrected chi connectivity index (χ1v) is 7.10. The molecule has 1 nitrogen and oxygen atoms in total. The van der Waals surface area contributed by atoms with Gasteiger partial charge in [0, 0.05) is 0 Å². The fourth-order valence-corrected chi connectivity index (χ4v) is 3.57. The van der Waals surface area contributed by atoms with Crippen molar-refractivity contribution in [1.82, 2.24) is 0 Å². The molecule has 17 heavy (non-hydrogen) atoms. The third-order valence-electron chi connectivity index (χ3n) is 4.61. The normalized spacial score (nSPS) is 27.9. The first kappa shape index (κ1) is 11.3. The lowest BCUT2D eigenvalue weighted by molar-refractivity contribution is 0.438. The third-order valence-corrected chi connectivity index (χ3v) is 4.61. The zero-order chi connectivity index (χ0) is 11.8. The Bertz CT molecular complexity index is 406. The van der Waals surface area contributed by atoms with Gasteiger partial charge in [-0.2, -0.15) is 0 Å². The number of hydrogen-bond acceptors (Lipinski definition) is 1. The number of hydrogen-bond donors (Lipinski definition) is 1. The standard InChI is InChI=1S/C16H23N/c1-11-2-6-15-14(12-3-4-12)7-5-13(8-9-17)16(15)10-11/h2,6,10,12-14H,3-5,7-9,17H2,1H3. The van der Waals surface area contributed by atoms with Crippen molar-refractivity contribution in [1.29, 1.82) is 0 Å². The Labute approximate surface area is 104 Å². The molecule has 0 bridgehead atoms. The Hall–Kier alpha value is -0.820. The van der Waals surface area contributed by atoms with Gasteiger partial charge in [0.25, 0.3) is 0 Å². The average molecular weight is 229 g/mol. The van der Waals surface area contributed by atoms with E-state index < -0.39 is 0 Å². The van der Waals surface area contributed by atoms with Gasteiger partial charge in [0.05, 0.1) is 0 Å². The summed E-state index contributed by atoms with van der Waals surface area (Å²) in [5, 5.41) is 0. The number of benzene rings is 1. The molecule has 0 aliphatic heterocycles. The fourth-order valence-electron chi connectivity index (χ4n) is 3.57. The lowest BCUT2D eigenvalue weighted by Crippen LogP contribution is -2.18. The summed E-state index contributed by atoms with van der Waals surface area (Å²) in [4.78, 5) is 0. The zero-order valence-electron chi connectivity index (χ0n) is 10.8. The minimum Gasteiger partial charge on any atom is -0.330 e. The quantitative estimate of drug-likeness (QED) is 0.840. The summed E-state index contributed by atoms with van der Waals surface area (Å²) in [5.41, 5.74) is 10.4. The van der Waals surface area contributed by atoms with Gasteiger partial charge in [0.2, 0.25) is 0 Å². The summed E-state index contributed by atoms with van der Waals surface area (Å²) in [7, 11) is 0. The molecule has 1 aromatic rings. The van der Waals surface area contributed by atoms with Crippen LogP contribution in [0.25, 0.3) is 0 Å². The van der Waals surface area contributed by atoms with Crippen molar-refractivity contribution in [2.45, 2.75) is 50.9 Å². The van der Waals surface area contributed by atoms with Gasteiger partial charge in [-0.1, -0.05) is 23.8 Å². The van der Waals surface area contributed by atoms with Crippen LogP contribution < -0.4 is 5.73 Å². The van der Waals surface area contributed by atoms with Gasteiger partial charge in [-0.15, -0.1) is 0 Å². The molecule has 2 N–H and O–H groups in total. The highest BCUT2D eigenvalue weighted by molar-refractivity contribution is 5.39. The van der Waals surface area contributed by atoms with Crippen LogP contribution in [0.2, 0.25) is 0 Å². The van der Waals surface area contributed by atoms with E-state index in [9.17, 15) is 0 Å². The number of rotatable bonds is 3. The summed E-state index contributed by atoms with van der Waals surface area (Å²) in [5.74, 6) is 2.58. The highest BCUT2D eigenvalue weighted by Gasteiger charge is 2.36. The van der Waals surface area contributed by atoms with Crippen molar-refractivity contribution < 1.29 is 0 Å². The van der Waals surface area contributed by atoms with Crippen LogP contribution in [0.15, 0.2) is 18.2 Å². The molecule has 3 rings (SSSR count). The Morgan fingerprint density at radius 3 is 2.65 bits per heavy atom. The molecule has 0 radical (unpaired) electrons. The minimum atomic E-state index is 0.727. The smallest absolute Gasteiger partial charge is 0.00714 e. The van der Waals surface area contributed by atoms with Crippen LogP contribution in [0.3, 0.4) is 0 Å². The molecule has 0 heterocycles. The van der Waals surface area contributed by atoms with Crippen LogP contribution in [0.4, 0.5) is 0 Å². The van der Waals surface area contributed by atoms with Gasteiger partial charge in [-0.3, -0.25) is 0 Å². The largest absolute Gasteiger partial charge is 0.330 e. The second-order valence-electron chi connectivity index (χ2n) is 5.93. The van der Waals surface area contributed by atoms with Crippen molar-refractivity contribution in [2.24, 2.45) is 11.7 Å². The number of nitrogens with two attached hydrogens (primary N) is 1. The van der Waals surface area contributed by atoms with E-state index in [1.54, 1.807) is 11.1 Å².